The Labute approximate surface area is 150 Å². The molecule has 2 N–H and O–H groups in total. The van der Waals surface area contributed by atoms with Crippen LogP contribution in [0.2, 0.25) is 0 Å². The monoisotopic (exact) mass is 390 g/mol. The van der Waals surface area contributed by atoms with E-state index in [0.29, 0.717) is 5.52 Å². The molecule has 0 amide bonds. The van der Waals surface area contributed by atoms with Gasteiger partial charge in [-0.3, -0.25) is 4.98 Å². The average molecular weight is 390 g/mol. The van der Waals surface area contributed by atoms with E-state index in [4.69, 9.17) is 8.83 Å². The Kier molecular flexibility index (Phi) is 4.09. The van der Waals surface area contributed by atoms with Crippen LogP contribution in [0.25, 0.3) is 22.6 Å². The molecule has 0 spiro atoms. The molecule has 0 aliphatic heterocycles. The molecule has 0 atom stereocenters. The van der Waals surface area contributed by atoms with E-state index in [1.807, 2.05) is 0 Å². The SMILES string of the molecule is O=c1[nH]c2ccc(S(=O)(=O)NCc3nnc(-c4ccccc4F)o3)cc2o1. The highest BCUT2D eigenvalue weighted by Gasteiger charge is 2.18. The summed E-state index contributed by atoms with van der Waals surface area (Å²) in [5, 5.41) is 7.43. The van der Waals surface area contributed by atoms with Gasteiger partial charge in [-0.25, -0.2) is 22.3 Å². The third kappa shape index (κ3) is 3.37. The number of sulfonamides is 1. The van der Waals surface area contributed by atoms with Crippen LogP contribution < -0.4 is 10.5 Å². The van der Waals surface area contributed by atoms with E-state index in [1.165, 1.54) is 36.4 Å². The number of aromatic amines is 1. The summed E-state index contributed by atoms with van der Waals surface area (Å²) in [7, 11) is -3.93. The number of H-pyrrole nitrogens is 1. The van der Waals surface area contributed by atoms with Gasteiger partial charge in [-0.05, 0) is 24.3 Å². The summed E-state index contributed by atoms with van der Waals surface area (Å²) in [6.45, 7) is -0.293. The number of hydrogen-bond donors (Lipinski definition) is 2. The number of hydrogen-bond acceptors (Lipinski definition) is 7. The number of rotatable bonds is 5. The summed E-state index contributed by atoms with van der Waals surface area (Å²) in [4.78, 5) is 13.5. The van der Waals surface area contributed by atoms with Crippen molar-refractivity contribution in [1.82, 2.24) is 19.9 Å². The summed E-state index contributed by atoms with van der Waals surface area (Å²) in [6, 6.07) is 9.79. The normalized spacial score (nSPS) is 11.9. The Morgan fingerprint density at radius 3 is 2.74 bits per heavy atom. The van der Waals surface area contributed by atoms with Gasteiger partial charge in [0.1, 0.15) is 5.82 Å². The Bertz CT molecular complexity index is 1290. The van der Waals surface area contributed by atoms with E-state index < -0.39 is 21.6 Å². The molecule has 0 unspecified atom stereocenters. The van der Waals surface area contributed by atoms with E-state index >= 15 is 0 Å². The molecule has 2 heterocycles. The molecule has 2 aromatic heterocycles. The fraction of sp³-hybridized carbons (Fsp3) is 0.0625. The second-order valence-electron chi connectivity index (χ2n) is 5.48. The predicted molar refractivity (Wildman–Crippen MR) is 90.6 cm³/mol. The van der Waals surface area contributed by atoms with Crippen molar-refractivity contribution < 1.29 is 21.6 Å². The van der Waals surface area contributed by atoms with Crippen molar-refractivity contribution in [2.24, 2.45) is 0 Å². The molecule has 0 radical (unpaired) electrons. The first kappa shape index (κ1) is 17.1. The molecule has 4 aromatic rings. The molecule has 0 aliphatic rings. The van der Waals surface area contributed by atoms with Crippen molar-refractivity contribution in [2.75, 3.05) is 0 Å². The second kappa shape index (κ2) is 6.45. The molecule has 9 nitrogen and oxygen atoms in total. The maximum atomic E-state index is 13.7. The van der Waals surface area contributed by atoms with Gasteiger partial charge < -0.3 is 8.83 Å². The highest BCUT2D eigenvalue weighted by atomic mass is 32.2. The summed E-state index contributed by atoms with van der Waals surface area (Å²) >= 11 is 0. The Morgan fingerprint density at radius 1 is 1.11 bits per heavy atom. The number of nitrogens with zero attached hydrogens (tertiary/aromatic N) is 2. The van der Waals surface area contributed by atoms with E-state index in [-0.39, 0.29) is 34.4 Å². The van der Waals surface area contributed by atoms with E-state index in [1.54, 1.807) is 6.07 Å². The molecular weight excluding hydrogens is 379 g/mol. The highest BCUT2D eigenvalue weighted by molar-refractivity contribution is 7.89. The van der Waals surface area contributed by atoms with Crippen LogP contribution in [0.4, 0.5) is 4.39 Å². The Hall–Kier alpha value is -3.31. The minimum absolute atomic E-state index is 0.0360. The zero-order chi connectivity index (χ0) is 19.0. The minimum Gasteiger partial charge on any atom is -0.419 e. The smallest absolute Gasteiger partial charge is 0.417 e. The van der Waals surface area contributed by atoms with Gasteiger partial charge in [0.05, 0.1) is 22.5 Å². The number of halogens is 1. The van der Waals surface area contributed by atoms with Crippen LogP contribution in [0.5, 0.6) is 0 Å². The van der Waals surface area contributed by atoms with Crippen LogP contribution >= 0.6 is 0 Å². The molecule has 0 saturated carbocycles. The third-order valence-corrected chi connectivity index (χ3v) is 5.09. The van der Waals surface area contributed by atoms with Crippen molar-refractivity contribution in [3.05, 3.63) is 64.7 Å². The lowest BCUT2D eigenvalue weighted by molar-refractivity contribution is 0.491. The van der Waals surface area contributed by atoms with Crippen LogP contribution in [-0.2, 0) is 16.6 Å². The van der Waals surface area contributed by atoms with Gasteiger partial charge >= 0.3 is 5.76 Å². The number of nitrogens with one attached hydrogen (secondary N) is 2. The lowest BCUT2D eigenvalue weighted by atomic mass is 10.2. The van der Waals surface area contributed by atoms with Crippen LogP contribution in [-0.4, -0.2) is 23.6 Å². The Balaban J connectivity index is 1.53. The predicted octanol–water partition coefficient (Wildman–Crippen LogP) is 1.79. The zero-order valence-corrected chi connectivity index (χ0v) is 14.3. The number of benzene rings is 2. The molecule has 0 bridgehead atoms. The molecule has 0 saturated heterocycles. The molecule has 0 aliphatic carbocycles. The van der Waals surface area contributed by atoms with Gasteiger partial charge in [-0.1, -0.05) is 12.1 Å². The molecule has 27 heavy (non-hydrogen) atoms. The molecule has 11 heteroatoms. The molecule has 138 valence electrons. The van der Waals surface area contributed by atoms with Crippen molar-refractivity contribution in [2.45, 2.75) is 11.4 Å². The maximum Gasteiger partial charge on any atom is 0.417 e. The standard InChI is InChI=1S/C16H11FN4O5S/c17-11-4-2-1-3-10(11)15-21-20-14(26-15)8-18-27(23,24)9-5-6-12-13(7-9)25-16(22)19-12/h1-7,18H,8H2,(H,19,22). The maximum absolute atomic E-state index is 13.7. The first-order valence-corrected chi connectivity index (χ1v) is 9.10. The lowest BCUT2D eigenvalue weighted by Crippen LogP contribution is -2.23. The van der Waals surface area contributed by atoms with Crippen molar-refractivity contribution >= 4 is 21.1 Å². The largest absolute Gasteiger partial charge is 0.419 e. The molecule has 2 aromatic carbocycles. The summed E-state index contributed by atoms with van der Waals surface area (Å²) in [6.07, 6.45) is 0. The fourth-order valence-corrected chi connectivity index (χ4v) is 3.39. The van der Waals surface area contributed by atoms with Crippen LogP contribution in [0.15, 0.2) is 61.0 Å². The van der Waals surface area contributed by atoms with Crippen molar-refractivity contribution in [3.63, 3.8) is 0 Å². The zero-order valence-electron chi connectivity index (χ0n) is 13.5. The first-order valence-electron chi connectivity index (χ1n) is 7.62. The van der Waals surface area contributed by atoms with Gasteiger partial charge in [-0.15, -0.1) is 10.2 Å². The Morgan fingerprint density at radius 2 is 1.93 bits per heavy atom. The molecule has 0 fully saturated rings. The van der Waals surface area contributed by atoms with Gasteiger partial charge in [0.2, 0.25) is 15.9 Å². The van der Waals surface area contributed by atoms with E-state index in [9.17, 15) is 17.6 Å². The summed E-state index contributed by atoms with van der Waals surface area (Å²) in [5.74, 6) is -1.31. The second-order valence-corrected chi connectivity index (χ2v) is 7.24. The summed E-state index contributed by atoms with van der Waals surface area (Å²) < 4.78 is 51.0. The van der Waals surface area contributed by atoms with E-state index in [0.717, 1.165) is 0 Å². The number of oxazole rings is 1. The van der Waals surface area contributed by atoms with Crippen LogP contribution in [0.3, 0.4) is 0 Å². The number of fused-ring (bicyclic) bond motifs is 1. The quantitative estimate of drug-likeness (QED) is 0.531. The van der Waals surface area contributed by atoms with E-state index in [2.05, 4.69) is 19.9 Å². The van der Waals surface area contributed by atoms with Crippen molar-refractivity contribution in [3.8, 4) is 11.5 Å². The highest BCUT2D eigenvalue weighted by Crippen LogP contribution is 2.21. The molecule has 4 rings (SSSR count). The lowest BCUT2D eigenvalue weighted by Gasteiger charge is -2.04. The van der Waals surface area contributed by atoms with Gasteiger partial charge in [0.25, 0.3) is 5.89 Å². The first-order chi connectivity index (χ1) is 12.9. The molecular formula is C16H11FN4O5S. The number of aromatic nitrogens is 3. The van der Waals surface area contributed by atoms with Gasteiger partial charge in [0.15, 0.2) is 5.58 Å². The van der Waals surface area contributed by atoms with Crippen LogP contribution in [0.1, 0.15) is 5.89 Å². The summed E-state index contributed by atoms with van der Waals surface area (Å²) in [5.41, 5.74) is 0.611. The van der Waals surface area contributed by atoms with Crippen LogP contribution in [0, 0.1) is 5.82 Å². The minimum atomic E-state index is -3.93. The average Bonchev–Trinajstić information content (AvgIpc) is 3.25. The fourth-order valence-electron chi connectivity index (χ4n) is 2.40. The van der Waals surface area contributed by atoms with Gasteiger partial charge in [-0.2, -0.15) is 0 Å². The topological polar surface area (TPSA) is 131 Å². The van der Waals surface area contributed by atoms with Gasteiger partial charge in [0, 0.05) is 6.07 Å². The van der Waals surface area contributed by atoms with Crippen molar-refractivity contribution in [1.29, 1.82) is 0 Å². The third-order valence-electron chi connectivity index (χ3n) is 3.69.